The number of aliphatic hydroxyl groups excluding tert-OH is 1. The molecule has 18 heavy (non-hydrogen) atoms. The highest BCUT2D eigenvalue weighted by Gasteiger charge is 2.43. The number of hydrogen-bond acceptors (Lipinski definition) is 4. The van der Waals surface area contributed by atoms with E-state index in [1.54, 1.807) is 30.3 Å². The number of hydrogen-bond donors (Lipinski definition) is 4. The molecule has 5 N–H and O–H groups in total. The molecule has 102 valence electrons. The molecule has 0 aliphatic carbocycles. The van der Waals surface area contributed by atoms with Crippen LogP contribution in [0.3, 0.4) is 0 Å². The number of rotatable bonds is 6. The third-order valence-corrected chi connectivity index (χ3v) is 2.43. The minimum atomic E-state index is -4.54. The van der Waals surface area contributed by atoms with Gasteiger partial charge in [0.15, 0.2) is 0 Å². The van der Waals surface area contributed by atoms with Gasteiger partial charge >= 0.3 is 6.18 Å². The third-order valence-electron chi connectivity index (χ3n) is 2.43. The fourth-order valence-corrected chi connectivity index (χ4v) is 1.53. The van der Waals surface area contributed by atoms with Gasteiger partial charge in [-0.25, -0.2) is 0 Å². The first-order chi connectivity index (χ1) is 8.45. The van der Waals surface area contributed by atoms with E-state index >= 15 is 0 Å². The second kappa shape index (κ2) is 6.69. The maximum atomic E-state index is 12.7. The summed E-state index contributed by atoms with van der Waals surface area (Å²) in [7, 11) is 0. The summed E-state index contributed by atoms with van der Waals surface area (Å²) in [4.78, 5) is 0. The van der Waals surface area contributed by atoms with Crippen molar-refractivity contribution in [2.45, 2.75) is 24.9 Å². The van der Waals surface area contributed by atoms with Crippen molar-refractivity contribution in [2.75, 3.05) is 6.54 Å². The number of alkyl halides is 3. The Bertz CT molecular complexity index is 345. The van der Waals surface area contributed by atoms with E-state index in [2.05, 4.69) is 5.32 Å². The topological polar surface area (TPSA) is 70.3 Å². The average Bonchev–Trinajstić information content (AvgIpc) is 2.29. The Morgan fingerprint density at radius 3 is 2.33 bits per heavy atom. The van der Waals surface area contributed by atoms with Crippen molar-refractivity contribution in [1.82, 2.24) is 10.7 Å². The molecule has 1 aromatic rings. The van der Waals surface area contributed by atoms with Gasteiger partial charge in [0.2, 0.25) is 0 Å². The second-order valence-corrected chi connectivity index (χ2v) is 3.86. The first-order valence-corrected chi connectivity index (χ1v) is 5.40. The van der Waals surface area contributed by atoms with Crippen LogP contribution in [0.15, 0.2) is 30.3 Å². The van der Waals surface area contributed by atoms with Crippen molar-refractivity contribution in [3.63, 3.8) is 0 Å². The highest BCUT2D eigenvalue weighted by atomic mass is 19.4. The van der Waals surface area contributed by atoms with Crippen molar-refractivity contribution in [1.29, 1.82) is 0 Å². The predicted octanol–water partition coefficient (Wildman–Crippen LogP) is 0.531. The van der Waals surface area contributed by atoms with E-state index in [1.807, 2.05) is 5.43 Å². The Hall–Kier alpha value is -1.15. The zero-order valence-corrected chi connectivity index (χ0v) is 9.61. The minimum Gasteiger partial charge on any atom is -0.390 e. The van der Waals surface area contributed by atoms with Crippen molar-refractivity contribution in [2.24, 2.45) is 5.84 Å². The standard InChI is InChI=1S/C11H16F3N3O/c12-11(13,14)10(9(18)7-17-15)16-6-8-4-2-1-3-5-8/h1-5,9-10,16-18H,6-7,15H2/t9-,10+/m0/s1. The van der Waals surface area contributed by atoms with E-state index in [1.165, 1.54) is 0 Å². The zero-order valence-electron chi connectivity index (χ0n) is 9.61. The minimum absolute atomic E-state index is 0.0205. The molecular weight excluding hydrogens is 247 g/mol. The predicted molar refractivity (Wildman–Crippen MR) is 61.3 cm³/mol. The molecule has 0 saturated heterocycles. The van der Waals surface area contributed by atoms with Crippen LogP contribution in [0.25, 0.3) is 0 Å². The van der Waals surface area contributed by atoms with E-state index in [9.17, 15) is 18.3 Å². The van der Waals surface area contributed by atoms with Gasteiger partial charge in [-0.1, -0.05) is 30.3 Å². The number of halogens is 3. The summed E-state index contributed by atoms with van der Waals surface area (Å²) in [6.07, 6.45) is -6.18. The van der Waals surface area contributed by atoms with E-state index < -0.39 is 18.3 Å². The number of nitrogens with two attached hydrogens (primary N) is 1. The summed E-state index contributed by atoms with van der Waals surface area (Å²) in [5.41, 5.74) is 2.74. The molecule has 0 aliphatic rings. The summed E-state index contributed by atoms with van der Waals surface area (Å²) in [5.74, 6) is 4.91. The van der Waals surface area contributed by atoms with Crippen molar-refractivity contribution in [3.05, 3.63) is 35.9 Å². The summed E-state index contributed by atoms with van der Waals surface area (Å²) in [6.45, 7) is -0.321. The first-order valence-electron chi connectivity index (χ1n) is 5.40. The first kappa shape index (κ1) is 14.9. The molecule has 7 heteroatoms. The van der Waals surface area contributed by atoms with Crippen LogP contribution >= 0.6 is 0 Å². The molecule has 0 radical (unpaired) electrons. The fourth-order valence-electron chi connectivity index (χ4n) is 1.53. The lowest BCUT2D eigenvalue weighted by Gasteiger charge is -2.26. The van der Waals surface area contributed by atoms with E-state index in [0.717, 1.165) is 0 Å². The summed E-state index contributed by atoms with van der Waals surface area (Å²) < 4.78 is 38.1. The number of nitrogens with one attached hydrogen (secondary N) is 2. The van der Waals surface area contributed by atoms with E-state index in [4.69, 9.17) is 5.84 Å². The van der Waals surface area contributed by atoms with Gasteiger partial charge in [0, 0.05) is 13.1 Å². The quantitative estimate of drug-likeness (QED) is 0.446. The van der Waals surface area contributed by atoms with Crippen molar-refractivity contribution >= 4 is 0 Å². The molecule has 4 nitrogen and oxygen atoms in total. The van der Waals surface area contributed by atoms with Crippen LogP contribution in [-0.4, -0.2) is 30.0 Å². The van der Waals surface area contributed by atoms with Crippen LogP contribution in [0.5, 0.6) is 0 Å². The number of aliphatic hydroxyl groups is 1. The largest absolute Gasteiger partial charge is 0.406 e. The van der Waals surface area contributed by atoms with Crippen LogP contribution in [-0.2, 0) is 6.54 Å². The molecule has 2 atom stereocenters. The summed E-state index contributed by atoms with van der Waals surface area (Å²) in [5, 5.41) is 11.7. The van der Waals surface area contributed by atoms with Gasteiger partial charge in [-0.3, -0.25) is 16.6 Å². The molecule has 0 bridgehead atoms. The molecule has 0 aliphatic heterocycles. The molecule has 0 saturated carbocycles. The molecular formula is C11H16F3N3O. The Kier molecular flexibility index (Phi) is 5.54. The molecule has 0 heterocycles. The molecule has 1 aromatic carbocycles. The third kappa shape index (κ3) is 4.61. The van der Waals surface area contributed by atoms with Gasteiger partial charge in [-0.2, -0.15) is 13.2 Å². The van der Waals surface area contributed by atoms with Crippen LogP contribution in [0.4, 0.5) is 13.2 Å². The van der Waals surface area contributed by atoms with Crippen LogP contribution in [0.1, 0.15) is 5.56 Å². The SMILES string of the molecule is NNC[C@H](O)[C@@H](NCc1ccccc1)C(F)(F)F. The highest BCUT2D eigenvalue weighted by Crippen LogP contribution is 2.22. The van der Waals surface area contributed by atoms with Crippen LogP contribution in [0.2, 0.25) is 0 Å². The molecule has 0 fully saturated rings. The fraction of sp³-hybridized carbons (Fsp3) is 0.455. The smallest absolute Gasteiger partial charge is 0.390 e. The average molecular weight is 263 g/mol. The Morgan fingerprint density at radius 1 is 1.22 bits per heavy atom. The molecule has 0 unspecified atom stereocenters. The molecule has 0 amide bonds. The Balaban J connectivity index is 2.62. The second-order valence-electron chi connectivity index (χ2n) is 3.86. The number of benzene rings is 1. The summed E-state index contributed by atoms with van der Waals surface area (Å²) >= 11 is 0. The number of hydrazine groups is 1. The molecule has 1 rings (SSSR count). The van der Waals surface area contributed by atoms with Gasteiger partial charge in [-0.15, -0.1) is 0 Å². The normalized spacial score (nSPS) is 15.4. The molecule has 0 aromatic heterocycles. The van der Waals surface area contributed by atoms with Crippen LogP contribution in [0, 0.1) is 0 Å². The molecule has 0 spiro atoms. The van der Waals surface area contributed by atoms with Gasteiger partial charge in [0.1, 0.15) is 6.04 Å². The lowest BCUT2D eigenvalue weighted by molar-refractivity contribution is -0.177. The van der Waals surface area contributed by atoms with Gasteiger partial charge in [-0.05, 0) is 5.56 Å². The lowest BCUT2D eigenvalue weighted by atomic mass is 10.1. The van der Waals surface area contributed by atoms with Gasteiger partial charge in [0.25, 0.3) is 0 Å². The van der Waals surface area contributed by atoms with Gasteiger partial charge < -0.3 is 5.11 Å². The lowest BCUT2D eigenvalue weighted by Crippen LogP contribution is -2.54. The van der Waals surface area contributed by atoms with E-state index in [0.29, 0.717) is 5.56 Å². The van der Waals surface area contributed by atoms with Crippen molar-refractivity contribution < 1.29 is 18.3 Å². The van der Waals surface area contributed by atoms with Crippen LogP contribution < -0.4 is 16.6 Å². The maximum Gasteiger partial charge on any atom is 0.406 e. The highest BCUT2D eigenvalue weighted by molar-refractivity contribution is 5.14. The summed E-state index contributed by atoms with van der Waals surface area (Å²) in [6, 6.07) is 6.63. The maximum absolute atomic E-state index is 12.7. The van der Waals surface area contributed by atoms with Gasteiger partial charge in [0.05, 0.1) is 6.10 Å². The Labute approximate surface area is 103 Å². The monoisotopic (exact) mass is 263 g/mol. The van der Waals surface area contributed by atoms with Crippen molar-refractivity contribution in [3.8, 4) is 0 Å². The zero-order chi connectivity index (χ0) is 13.6. The van der Waals surface area contributed by atoms with E-state index in [-0.39, 0.29) is 13.1 Å². The Morgan fingerprint density at radius 2 is 1.83 bits per heavy atom.